The Morgan fingerprint density at radius 3 is 2.21 bits per heavy atom. The van der Waals surface area contributed by atoms with Gasteiger partial charge < -0.3 is 10.5 Å². The van der Waals surface area contributed by atoms with Crippen LogP contribution in [0.4, 0.5) is 4.39 Å². The quantitative estimate of drug-likeness (QED) is 0.174. The maximum atomic E-state index is 14.8. The van der Waals surface area contributed by atoms with Crippen LogP contribution in [0.1, 0.15) is 41.0 Å². The molecule has 0 heterocycles. The van der Waals surface area contributed by atoms with Crippen LogP contribution < -0.4 is 10.5 Å². The molecule has 0 bridgehead atoms. The molecule has 4 aromatic rings. The second kappa shape index (κ2) is 14.5. The minimum Gasteiger partial charge on any atom is -0.494 e. The maximum Gasteiger partial charge on any atom is 0.217 e. The van der Waals surface area contributed by atoms with E-state index in [0.29, 0.717) is 49.7 Å². The summed E-state index contributed by atoms with van der Waals surface area (Å²) >= 11 is 6.43. The third kappa shape index (κ3) is 8.67. The molecule has 4 rings (SSSR count). The van der Waals surface area contributed by atoms with Gasteiger partial charge in [-0.2, -0.15) is 0 Å². The number of benzene rings is 4. The number of hydrogen-bond acceptors (Lipinski definition) is 3. The van der Waals surface area contributed by atoms with Crippen molar-refractivity contribution >= 4 is 17.5 Å². The summed E-state index contributed by atoms with van der Waals surface area (Å²) in [5.74, 6) is 0.251. The molecule has 4 nitrogen and oxygen atoms in total. The van der Waals surface area contributed by atoms with E-state index in [-0.39, 0.29) is 17.6 Å². The summed E-state index contributed by atoms with van der Waals surface area (Å²) in [5, 5.41) is 0.431. The molecule has 0 saturated carbocycles. The van der Waals surface area contributed by atoms with E-state index in [1.165, 1.54) is 17.2 Å². The zero-order valence-corrected chi connectivity index (χ0v) is 22.7. The summed E-state index contributed by atoms with van der Waals surface area (Å²) < 4.78 is 20.8. The maximum absolute atomic E-state index is 14.8. The van der Waals surface area contributed by atoms with E-state index in [0.717, 1.165) is 17.7 Å². The number of hydrogen-bond donors (Lipinski definition) is 1. The first-order valence-electron chi connectivity index (χ1n) is 13.2. The van der Waals surface area contributed by atoms with Gasteiger partial charge in [-0.15, -0.1) is 0 Å². The van der Waals surface area contributed by atoms with Crippen molar-refractivity contribution in [1.29, 1.82) is 0 Å². The van der Waals surface area contributed by atoms with Gasteiger partial charge in [0.05, 0.1) is 6.61 Å². The number of ether oxygens (including phenoxy) is 1. The highest BCUT2D eigenvalue weighted by Gasteiger charge is 2.20. The minimum atomic E-state index is -0.319. The minimum absolute atomic E-state index is 0.112. The van der Waals surface area contributed by atoms with Crippen molar-refractivity contribution in [2.45, 2.75) is 31.7 Å². The molecule has 0 aliphatic carbocycles. The summed E-state index contributed by atoms with van der Waals surface area (Å²) in [7, 11) is 0. The molecule has 2 N–H and O–H groups in total. The Kier molecular flexibility index (Phi) is 10.5. The molecule has 6 heteroatoms. The molecule has 0 aliphatic rings. The number of rotatable bonds is 14. The third-order valence-corrected chi connectivity index (χ3v) is 7.09. The first-order chi connectivity index (χ1) is 19.0. The Balaban J connectivity index is 1.48. The molecule has 0 aliphatic heterocycles. The highest BCUT2D eigenvalue weighted by molar-refractivity contribution is 6.31. The summed E-state index contributed by atoms with van der Waals surface area (Å²) in [6, 6.07) is 33.3. The molecule has 1 amide bonds. The van der Waals surface area contributed by atoms with Crippen molar-refractivity contribution in [3.63, 3.8) is 0 Å². The fourth-order valence-electron chi connectivity index (χ4n) is 4.71. The molecular formula is C33H34ClFN2O2. The number of nitrogens with two attached hydrogens (primary N) is 1. The molecule has 39 heavy (non-hydrogen) atoms. The van der Waals surface area contributed by atoms with E-state index in [4.69, 9.17) is 22.1 Å². The molecular weight excluding hydrogens is 511 g/mol. The first kappa shape index (κ1) is 28.3. The summed E-state index contributed by atoms with van der Waals surface area (Å²) in [4.78, 5) is 13.4. The largest absolute Gasteiger partial charge is 0.494 e. The normalized spacial score (nSPS) is 11.2. The fraction of sp³-hybridized carbons (Fsp3) is 0.242. The molecule has 0 radical (unpaired) electrons. The summed E-state index contributed by atoms with van der Waals surface area (Å²) in [6.07, 6.45) is 1.64. The predicted octanol–water partition coefficient (Wildman–Crippen LogP) is 7.00. The standard InChI is InChI=1S/C33H34ClFN2O2/c34-31-16-8-17-32(35)30(31)24-37(20-9-21-39-28-15-7-10-25(22-28)18-19-33(36)38)23-29(26-11-3-1-4-12-26)27-13-5-2-6-14-27/h1-8,10-17,22,29H,9,18-21,23-24H2,(H2,36,38). The van der Waals surface area contributed by atoms with E-state index < -0.39 is 0 Å². The van der Waals surface area contributed by atoms with Crippen LogP contribution in [0.2, 0.25) is 5.02 Å². The number of halogens is 2. The topological polar surface area (TPSA) is 55.6 Å². The van der Waals surface area contributed by atoms with Crippen LogP contribution in [-0.2, 0) is 17.8 Å². The van der Waals surface area contributed by atoms with Gasteiger partial charge >= 0.3 is 0 Å². The third-order valence-electron chi connectivity index (χ3n) is 6.73. The lowest BCUT2D eigenvalue weighted by atomic mass is 9.90. The summed E-state index contributed by atoms with van der Waals surface area (Å²) in [5.41, 5.74) is 9.20. The zero-order valence-electron chi connectivity index (χ0n) is 21.9. The van der Waals surface area contributed by atoms with E-state index in [1.807, 2.05) is 36.4 Å². The molecule has 0 saturated heterocycles. The molecule has 4 aromatic carbocycles. The Morgan fingerprint density at radius 1 is 0.897 bits per heavy atom. The van der Waals surface area contributed by atoms with Crippen LogP contribution >= 0.6 is 11.6 Å². The van der Waals surface area contributed by atoms with Crippen molar-refractivity contribution in [3.8, 4) is 5.75 Å². The van der Waals surface area contributed by atoms with Crippen molar-refractivity contribution in [3.05, 3.63) is 136 Å². The van der Waals surface area contributed by atoms with Gasteiger partial charge in [0.15, 0.2) is 0 Å². The zero-order chi connectivity index (χ0) is 27.5. The smallest absolute Gasteiger partial charge is 0.217 e. The van der Waals surface area contributed by atoms with Gasteiger partial charge in [0.25, 0.3) is 0 Å². The fourth-order valence-corrected chi connectivity index (χ4v) is 4.93. The van der Waals surface area contributed by atoms with Crippen LogP contribution in [0.15, 0.2) is 103 Å². The lowest BCUT2D eigenvalue weighted by molar-refractivity contribution is -0.117. The molecule has 0 spiro atoms. The van der Waals surface area contributed by atoms with Gasteiger partial charge in [0.2, 0.25) is 5.91 Å². The van der Waals surface area contributed by atoms with Crippen molar-refractivity contribution in [1.82, 2.24) is 4.90 Å². The van der Waals surface area contributed by atoms with E-state index >= 15 is 0 Å². The molecule has 0 unspecified atom stereocenters. The highest BCUT2D eigenvalue weighted by atomic mass is 35.5. The molecule has 0 atom stereocenters. The van der Waals surface area contributed by atoms with Gasteiger partial charge in [-0.05, 0) is 53.8 Å². The SMILES string of the molecule is NC(=O)CCc1cccc(OCCCN(Cc2c(F)cccc2Cl)CC(c2ccccc2)c2ccccc2)c1. The highest BCUT2D eigenvalue weighted by Crippen LogP contribution is 2.28. The Morgan fingerprint density at radius 2 is 1.56 bits per heavy atom. The van der Waals surface area contributed by atoms with Crippen LogP contribution in [-0.4, -0.2) is 30.5 Å². The average molecular weight is 545 g/mol. The lowest BCUT2D eigenvalue weighted by Gasteiger charge is -2.29. The van der Waals surface area contributed by atoms with Gasteiger partial charge in [-0.3, -0.25) is 9.69 Å². The van der Waals surface area contributed by atoms with E-state index in [9.17, 15) is 9.18 Å². The Hall–Kier alpha value is -3.67. The van der Waals surface area contributed by atoms with Crippen molar-refractivity contribution in [2.24, 2.45) is 5.73 Å². The van der Waals surface area contributed by atoms with Crippen LogP contribution in [0, 0.1) is 5.82 Å². The van der Waals surface area contributed by atoms with Gasteiger partial charge in [0, 0.05) is 42.6 Å². The summed E-state index contributed by atoms with van der Waals surface area (Å²) in [6.45, 7) is 2.29. The average Bonchev–Trinajstić information content (AvgIpc) is 2.95. The van der Waals surface area contributed by atoms with Gasteiger partial charge in [-0.25, -0.2) is 4.39 Å². The number of carbonyl (C=O) groups is 1. The molecule has 202 valence electrons. The number of carbonyl (C=O) groups excluding carboxylic acids is 1. The Bertz CT molecular complexity index is 1270. The van der Waals surface area contributed by atoms with Crippen LogP contribution in [0.25, 0.3) is 0 Å². The predicted molar refractivity (Wildman–Crippen MR) is 155 cm³/mol. The van der Waals surface area contributed by atoms with Gasteiger partial charge in [-0.1, -0.05) is 90.5 Å². The second-order valence-corrected chi connectivity index (χ2v) is 10.0. The molecule has 0 fully saturated rings. The monoisotopic (exact) mass is 544 g/mol. The lowest BCUT2D eigenvalue weighted by Crippen LogP contribution is -2.31. The van der Waals surface area contributed by atoms with Gasteiger partial charge in [0.1, 0.15) is 11.6 Å². The van der Waals surface area contributed by atoms with E-state index in [1.54, 1.807) is 12.1 Å². The number of amides is 1. The van der Waals surface area contributed by atoms with Crippen LogP contribution in [0.3, 0.4) is 0 Å². The second-order valence-electron chi connectivity index (χ2n) is 9.63. The van der Waals surface area contributed by atoms with Crippen molar-refractivity contribution < 1.29 is 13.9 Å². The molecule has 0 aromatic heterocycles. The van der Waals surface area contributed by atoms with Crippen LogP contribution in [0.5, 0.6) is 5.75 Å². The number of aryl methyl sites for hydroxylation is 1. The van der Waals surface area contributed by atoms with Crippen molar-refractivity contribution in [2.75, 3.05) is 19.7 Å². The van der Waals surface area contributed by atoms with E-state index in [2.05, 4.69) is 53.4 Å². The number of primary amides is 1. The first-order valence-corrected chi connectivity index (χ1v) is 13.6. The Labute approximate surface area is 235 Å². The number of nitrogens with zero attached hydrogens (tertiary/aromatic N) is 1.